The fraction of sp³-hybridized carbons (Fsp3) is 0.500. The number of hydrogen-bond acceptors (Lipinski definition) is 2. The molecule has 2 rings (SSSR count). The molecule has 1 N–H and O–H groups in total. The Bertz CT molecular complexity index is 420. The van der Waals surface area contributed by atoms with Gasteiger partial charge in [0.2, 0.25) is 0 Å². The van der Waals surface area contributed by atoms with Crippen LogP contribution < -0.4 is 4.90 Å². The van der Waals surface area contributed by atoms with Crippen molar-refractivity contribution in [3.63, 3.8) is 0 Å². The van der Waals surface area contributed by atoms with Gasteiger partial charge >= 0.3 is 5.97 Å². The monoisotopic (exact) mass is 233 g/mol. The van der Waals surface area contributed by atoms with Gasteiger partial charge in [-0.1, -0.05) is 12.1 Å². The van der Waals surface area contributed by atoms with Gasteiger partial charge < -0.3 is 10.0 Å². The Balaban J connectivity index is 2.34. The zero-order chi connectivity index (χ0) is 12.6. The van der Waals surface area contributed by atoms with Crippen molar-refractivity contribution in [1.29, 1.82) is 0 Å². The van der Waals surface area contributed by atoms with Crippen LogP contribution in [0.25, 0.3) is 0 Å². The van der Waals surface area contributed by atoms with E-state index in [9.17, 15) is 9.90 Å². The average Bonchev–Trinajstić information content (AvgIpc) is 3.12. The molecular weight excluding hydrogens is 214 g/mol. The lowest BCUT2D eigenvalue weighted by atomic mass is 9.78. The number of anilines is 1. The lowest BCUT2D eigenvalue weighted by Gasteiger charge is -2.26. The van der Waals surface area contributed by atoms with Crippen LogP contribution in [0.1, 0.15) is 25.3 Å². The van der Waals surface area contributed by atoms with E-state index < -0.39 is 11.4 Å². The Kier molecular flexibility index (Phi) is 2.86. The third kappa shape index (κ3) is 2.02. The van der Waals surface area contributed by atoms with Gasteiger partial charge in [-0.15, -0.1) is 0 Å². The van der Waals surface area contributed by atoms with Crippen LogP contribution in [0.15, 0.2) is 24.3 Å². The Hall–Kier alpha value is -1.51. The number of carbonyl (C=O) groups is 1. The van der Waals surface area contributed by atoms with Gasteiger partial charge in [-0.05, 0) is 43.4 Å². The molecule has 1 aliphatic rings. The molecule has 1 saturated carbocycles. The van der Waals surface area contributed by atoms with Crippen molar-refractivity contribution in [3.05, 3.63) is 29.8 Å². The quantitative estimate of drug-likeness (QED) is 0.868. The minimum Gasteiger partial charge on any atom is -0.481 e. The van der Waals surface area contributed by atoms with Crippen molar-refractivity contribution >= 4 is 11.7 Å². The number of benzene rings is 1. The second-order valence-corrected chi connectivity index (χ2v) is 5.22. The second-order valence-electron chi connectivity index (χ2n) is 5.22. The molecule has 1 aromatic carbocycles. The van der Waals surface area contributed by atoms with Crippen molar-refractivity contribution in [2.24, 2.45) is 5.92 Å². The number of nitrogens with zero attached hydrogens (tertiary/aromatic N) is 1. The van der Waals surface area contributed by atoms with E-state index in [0.29, 0.717) is 5.92 Å². The van der Waals surface area contributed by atoms with Gasteiger partial charge in [0, 0.05) is 19.8 Å². The van der Waals surface area contributed by atoms with E-state index in [1.165, 1.54) is 0 Å². The van der Waals surface area contributed by atoms with Gasteiger partial charge in [-0.25, -0.2) is 0 Å². The third-order valence-corrected chi connectivity index (χ3v) is 3.82. The Morgan fingerprint density at radius 3 is 2.18 bits per heavy atom. The van der Waals surface area contributed by atoms with Gasteiger partial charge in [-0.3, -0.25) is 4.79 Å². The largest absolute Gasteiger partial charge is 0.481 e. The number of rotatable bonds is 4. The van der Waals surface area contributed by atoms with Crippen molar-refractivity contribution in [2.45, 2.75) is 25.2 Å². The van der Waals surface area contributed by atoms with Gasteiger partial charge in [0.15, 0.2) is 0 Å². The molecule has 1 fully saturated rings. The maximum absolute atomic E-state index is 11.5. The van der Waals surface area contributed by atoms with E-state index in [0.717, 1.165) is 24.1 Å². The van der Waals surface area contributed by atoms with Crippen LogP contribution in [-0.4, -0.2) is 25.2 Å². The molecule has 92 valence electrons. The predicted octanol–water partition coefficient (Wildman–Crippen LogP) is 2.50. The summed E-state index contributed by atoms with van der Waals surface area (Å²) in [5, 5.41) is 9.46. The molecule has 0 aliphatic heterocycles. The second kappa shape index (κ2) is 4.06. The smallest absolute Gasteiger partial charge is 0.314 e. The summed E-state index contributed by atoms with van der Waals surface area (Å²) in [7, 11) is 3.96. The van der Waals surface area contributed by atoms with E-state index in [2.05, 4.69) is 0 Å². The highest BCUT2D eigenvalue weighted by Gasteiger charge is 2.48. The van der Waals surface area contributed by atoms with Crippen LogP contribution in [0, 0.1) is 5.92 Å². The normalized spacial score (nSPS) is 18.5. The minimum absolute atomic E-state index is 0.296. The minimum atomic E-state index is -0.717. The zero-order valence-corrected chi connectivity index (χ0v) is 10.6. The number of hydrogen-bond donors (Lipinski definition) is 1. The van der Waals surface area contributed by atoms with Crippen LogP contribution >= 0.6 is 0 Å². The molecule has 3 heteroatoms. The molecule has 0 saturated heterocycles. The molecule has 0 amide bonds. The number of aliphatic carboxylic acids is 1. The lowest BCUT2D eigenvalue weighted by molar-refractivity contribution is -0.144. The molecule has 0 spiro atoms. The summed E-state index contributed by atoms with van der Waals surface area (Å²) >= 11 is 0. The topological polar surface area (TPSA) is 40.5 Å². The maximum atomic E-state index is 11.5. The molecule has 0 heterocycles. The van der Waals surface area contributed by atoms with Crippen LogP contribution in [0.4, 0.5) is 5.69 Å². The highest BCUT2D eigenvalue weighted by Crippen LogP contribution is 2.47. The number of carboxylic acids is 1. The maximum Gasteiger partial charge on any atom is 0.314 e. The third-order valence-electron chi connectivity index (χ3n) is 3.82. The van der Waals surface area contributed by atoms with E-state index in [4.69, 9.17) is 0 Å². The molecule has 0 aromatic heterocycles. The highest BCUT2D eigenvalue weighted by molar-refractivity contribution is 5.82. The summed E-state index contributed by atoms with van der Waals surface area (Å²) in [6.45, 7) is 1.84. The molecule has 3 nitrogen and oxygen atoms in total. The number of carboxylic acid groups (broad SMARTS) is 1. The van der Waals surface area contributed by atoms with Crippen molar-refractivity contribution < 1.29 is 9.90 Å². The lowest BCUT2D eigenvalue weighted by Crippen LogP contribution is -2.34. The molecule has 1 unspecified atom stereocenters. The molecule has 1 aliphatic carbocycles. The summed E-state index contributed by atoms with van der Waals surface area (Å²) in [5.41, 5.74) is 1.29. The van der Waals surface area contributed by atoms with Gasteiger partial charge in [0.05, 0.1) is 5.41 Å². The Morgan fingerprint density at radius 1 is 1.29 bits per heavy atom. The molecule has 0 bridgehead atoms. The van der Waals surface area contributed by atoms with Crippen molar-refractivity contribution in [1.82, 2.24) is 0 Å². The first kappa shape index (κ1) is 12.0. The Labute approximate surface area is 102 Å². The van der Waals surface area contributed by atoms with Crippen LogP contribution in [0.2, 0.25) is 0 Å². The first-order valence-corrected chi connectivity index (χ1v) is 5.97. The summed E-state index contributed by atoms with van der Waals surface area (Å²) in [5.74, 6) is -0.414. The summed E-state index contributed by atoms with van der Waals surface area (Å²) in [6, 6.07) is 7.86. The standard InChI is InChI=1S/C14H19NO2/c1-14(13(16)17,10-4-5-10)11-6-8-12(9-7-11)15(2)3/h6-10H,4-5H2,1-3H3,(H,16,17). The first-order valence-electron chi connectivity index (χ1n) is 5.97. The molecule has 0 radical (unpaired) electrons. The molecule has 1 aromatic rings. The van der Waals surface area contributed by atoms with Crippen molar-refractivity contribution in [2.75, 3.05) is 19.0 Å². The Morgan fingerprint density at radius 2 is 1.82 bits per heavy atom. The van der Waals surface area contributed by atoms with E-state index in [1.807, 2.05) is 50.2 Å². The van der Waals surface area contributed by atoms with Gasteiger partial charge in [0.1, 0.15) is 0 Å². The fourth-order valence-corrected chi connectivity index (χ4v) is 2.30. The van der Waals surface area contributed by atoms with Gasteiger partial charge in [0.25, 0.3) is 0 Å². The van der Waals surface area contributed by atoms with Crippen molar-refractivity contribution in [3.8, 4) is 0 Å². The fourth-order valence-electron chi connectivity index (χ4n) is 2.30. The highest BCUT2D eigenvalue weighted by atomic mass is 16.4. The summed E-state index contributed by atoms with van der Waals surface area (Å²) in [4.78, 5) is 13.5. The SMILES string of the molecule is CN(C)c1ccc(C(C)(C(=O)O)C2CC2)cc1. The van der Waals surface area contributed by atoms with E-state index >= 15 is 0 Å². The van der Waals surface area contributed by atoms with Crippen LogP contribution in [0.3, 0.4) is 0 Å². The molecule has 17 heavy (non-hydrogen) atoms. The average molecular weight is 233 g/mol. The van der Waals surface area contributed by atoms with Crippen LogP contribution in [-0.2, 0) is 10.2 Å². The van der Waals surface area contributed by atoms with Crippen LogP contribution in [0.5, 0.6) is 0 Å². The first-order chi connectivity index (χ1) is 7.96. The molecular formula is C14H19NO2. The van der Waals surface area contributed by atoms with Gasteiger partial charge in [-0.2, -0.15) is 0 Å². The zero-order valence-electron chi connectivity index (χ0n) is 10.6. The summed E-state index contributed by atoms with van der Waals surface area (Å²) in [6.07, 6.45) is 2.05. The predicted molar refractivity (Wildman–Crippen MR) is 68.5 cm³/mol. The van der Waals surface area contributed by atoms with E-state index in [1.54, 1.807) is 0 Å². The molecule has 1 atom stereocenters. The van der Waals surface area contributed by atoms with E-state index in [-0.39, 0.29) is 0 Å². The summed E-state index contributed by atoms with van der Waals surface area (Å²) < 4.78 is 0.